The molecule has 0 aromatic carbocycles. The van der Waals surface area contributed by atoms with E-state index >= 15 is 0 Å². The van der Waals surface area contributed by atoms with Crippen LogP contribution in [0.4, 0.5) is 0 Å². The standard InChI is InChI=1S/C11H24O2/c1-9(2)6-7-10(12)8-11(3,4)13-5/h9-10,12H,6-8H2,1-5H3. The number of ether oxygens (including phenoxy) is 1. The van der Waals surface area contributed by atoms with E-state index in [-0.39, 0.29) is 11.7 Å². The van der Waals surface area contributed by atoms with E-state index in [1.54, 1.807) is 7.11 Å². The zero-order valence-corrected chi connectivity index (χ0v) is 9.63. The van der Waals surface area contributed by atoms with Gasteiger partial charge in [-0.1, -0.05) is 13.8 Å². The van der Waals surface area contributed by atoms with Gasteiger partial charge in [-0.2, -0.15) is 0 Å². The first-order valence-corrected chi connectivity index (χ1v) is 5.10. The number of rotatable bonds is 6. The molecule has 0 saturated carbocycles. The molecule has 0 aliphatic carbocycles. The Morgan fingerprint density at radius 3 is 2.15 bits per heavy atom. The fraction of sp³-hybridized carbons (Fsp3) is 1.00. The Hall–Kier alpha value is -0.0800. The summed E-state index contributed by atoms with van der Waals surface area (Å²) in [5.41, 5.74) is -0.198. The molecule has 0 aromatic heterocycles. The maximum absolute atomic E-state index is 9.68. The molecule has 2 heteroatoms. The molecular weight excluding hydrogens is 164 g/mol. The third-order valence-corrected chi connectivity index (χ3v) is 2.36. The van der Waals surface area contributed by atoms with Crippen molar-refractivity contribution in [2.24, 2.45) is 5.92 Å². The van der Waals surface area contributed by atoms with Crippen molar-refractivity contribution in [1.82, 2.24) is 0 Å². The molecule has 0 aliphatic rings. The highest BCUT2D eigenvalue weighted by Gasteiger charge is 2.21. The Balaban J connectivity index is 3.67. The van der Waals surface area contributed by atoms with Gasteiger partial charge in [-0.3, -0.25) is 0 Å². The third kappa shape index (κ3) is 7.03. The van der Waals surface area contributed by atoms with Crippen molar-refractivity contribution in [1.29, 1.82) is 0 Å². The fourth-order valence-corrected chi connectivity index (χ4v) is 1.28. The number of aliphatic hydroxyl groups excluding tert-OH is 1. The number of hydrogen-bond donors (Lipinski definition) is 1. The van der Waals surface area contributed by atoms with E-state index in [0.29, 0.717) is 5.92 Å². The van der Waals surface area contributed by atoms with Gasteiger partial charge in [-0.15, -0.1) is 0 Å². The van der Waals surface area contributed by atoms with Crippen LogP contribution in [0.25, 0.3) is 0 Å². The van der Waals surface area contributed by atoms with Crippen LogP contribution in [0.2, 0.25) is 0 Å². The normalized spacial score (nSPS) is 15.0. The predicted octanol–water partition coefficient (Wildman–Crippen LogP) is 2.60. The first-order chi connectivity index (χ1) is 5.87. The summed E-state index contributed by atoms with van der Waals surface area (Å²) in [4.78, 5) is 0. The summed E-state index contributed by atoms with van der Waals surface area (Å²) in [6.07, 6.45) is 2.46. The Morgan fingerprint density at radius 2 is 1.77 bits per heavy atom. The van der Waals surface area contributed by atoms with Gasteiger partial charge in [-0.25, -0.2) is 0 Å². The summed E-state index contributed by atoms with van der Waals surface area (Å²) in [6.45, 7) is 8.36. The second-order valence-electron chi connectivity index (χ2n) is 4.79. The highest BCUT2D eigenvalue weighted by atomic mass is 16.5. The van der Waals surface area contributed by atoms with E-state index in [2.05, 4.69) is 13.8 Å². The Morgan fingerprint density at radius 1 is 1.23 bits per heavy atom. The van der Waals surface area contributed by atoms with E-state index in [0.717, 1.165) is 19.3 Å². The van der Waals surface area contributed by atoms with Gasteiger partial charge in [0.25, 0.3) is 0 Å². The molecule has 2 nitrogen and oxygen atoms in total. The van der Waals surface area contributed by atoms with Crippen LogP contribution in [0, 0.1) is 5.92 Å². The van der Waals surface area contributed by atoms with Crippen LogP contribution < -0.4 is 0 Å². The van der Waals surface area contributed by atoms with Gasteiger partial charge in [0, 0.05) is 13.5 Å². The highest BCUT2D eigenvalue weighted by Crippen LogP contribution is 2.19. The smallest absolute Gasteiger partial charge is 0.0647 e. The maximum Gasteiger partial charge on any atom is 0.0647 e. The van der Waals surface area contributed by atoms with Gasteiger partial charge in [0.2, 0.25) is 0 Å². The van der Waals surface area contributed by atoms with Crippen LogP contribution in [0.5, 0.6) is 0 Å². The van der Waals surface area contributed by atoms with Crippen LogP contribution in [-0.2, 0) is 4.74 Å². The lowest BCUT2D eigenvalue weighted by Crippen LogP contribution is -2.28. The van der Waals surface area contributed by atoms with Crippen molar-refractivity contribution >= 4 is 0 Å². The molecule has 13 heavy (non-hydrogen) atoms. The van der Waals surface area contributed by atoms with Crippen LogP contribution in [0.15, 0.2) is 0 Å². The molecule has 0 saturated heterocycles. The van der Waals surface area contributed by atoms with Crippen molar-refractivity contribution in [2.75, 3.05) is 7.11 Å². The summed E-state index contributed by atoms with van der Waals surface area (Å²) in [6, 6.07) is 0. The zero-order valence-electron chi connectivity index (χ0n) is 9.63. The average molecular weight is 188 g/mol. The van der Waals surface area contributed by atoms with Crippen LogP contribution in [0.3, 0.4) is 0 Å². The Labute approximate surface area is 82.3 Å². The minimum atomic E-state index is -0.225. The van der Waals surface area contributed by atoms with E-state index in [1.165, 1.54) is 0 Å². The van der Waals surface area contributed by atoms with Crippen molar-refractivity contribution < 1.29 is 9.84 Å². The lowest BCUT2D eigenvalue weighted by molar-refractivity contribution is -0.0220. The molecule has 0 bridgehead atoms. The van der Waals surface area contributed by atoms with Crippen molar-refractivity contribution in [2.45, 2.75) is 58.7 Å². The first-order valence-electron chi connectivity index (χ1n) is 5.10. The Bertz CT molecular complexity index is 130. The van der Waals surface area contributed by atoms with E-state index < -0.39 is 0 Å². The lowest BCUT2D eigenvalue weighted by atomic mass is 9.95. The first kappa shape index (κ1) is 12.9. The SMILES string of the molecule is COC(C)(C)CC(O)CCC(C)C. The molecule has 0 fully saturated rings. The topological polar surface area (TPSA) is 29.5 Å². The largest absolute Gasteiger partial charge is 0.393 e. The molecule has 0 aromatic rings. The van der Waals surface area contributed by atoms with Gasteiger partial charge < -0.3 is 9.84 Å². The minimum absolute atomic E-state index is 0.198. The highest BCUT2D eigenvalue weighted by molar-refractivity contribution is 4.73. The molecule has 0 amide bonds. The molecule has 0 rings (SSSR count). The molecule has 1 unspecified atom stereocenters. The van der Waals surface area contributed by atoms with Crippen LogP contribution in [-0.4, -0.2) is 23.9 Å². The molecule has 1 N–H and O–H groups in total. The second-order valence-corrected chi connectivity index (χ2v) is 4.79. The summed E-state index contributed by atoms with van der Waals surface area (Å²) in [5.74, 6) is 0.667. The van der Waals surface area contributed by atoms with E-state index in [4.69, 9.17) is 4.74 Å². The summed E-state index contributed by atoms with van der Waals surface area (Å²) in [5, 5.41) is 9.68. The monoisotopic (exact) mass is 188 g/mol. The van der Waals surface area contributed by atoms with E-state index in [1.807, 2.05) is 13.8 Å². The second kappa shape index (κ2) is 5.61. The summed E-state index contributed by atoms with van der Waals surface area (Å²) >= 11 is 0. The molecule has 1 atom stereocenters. The van der Waals surface area contributed by atoms with E-state index in [9.17, 15) is 5.11 Å². The molecule has 0 aliphatic heterocycles. The number of aliphatic hydroxyl groups is 1. The fourth-order valence-electron chi connectivity index (χ4n) is 1.28. The zero-order chi connectivity index (χ0) is 10.5. The lowest BCUT2D eigenvalue weighted by Gasteiger charge is -2.26. The molecular formula is C11H24O2. The molecule has 0 spiro atoms. The quantitative estimate of drug-likeness (QED) is 0.694. The summed E-state index contributed by atoms with van der Waals surface area (Å²) in [7, 11) is 1.69. The number of methoxy groups -OCH3 is 1. The molecule has 80 valence electrons. The van der Waals surface area contributed by atoms with Gasteiger partial charge >= 0.3 is 0 Å². The van der Waals surface area contributed by atoms with Gasteiger partial charge in [0.1, 0.15) is 0 Å². The van der Waals surface area contributed by atoms with Crippen LogP contribution >= 0.6 is 0 Å². The van der Waals surface area contributed by atoms with Crippen LogP contribution in [0.1, 0.15) is 47.0 Å². The average Bonchev–Trinajstić information content (AvgIpc) is 2.00. The van der Waals surface area contributed by atoms with Gasteiger partial charge in [0.15, 0.2) is 0 Å². The van der Waals surface area contributed by atoms with Crippen molar-refractivity contribution in [3.05, 3.63) is 0 Å². The minimum Gasteiger partial charge on any atom is -0.393 e. The van der Waals surface area contributed by atoms with Crippen molar-refractivity contribution in [3.63, 3.8) is 0 Å². The molecule has 0 heterocycles. The van der Waals surface area contributed by atoms with Gasteiger partial charge in [-0.05, 0) is 32.6 Å². The predicted molar refractivity (Wildman–Crippen MR) is 55.8 cm³/mol. The van der Waals surface area contributed by atoms with Gasteiger partial charge in [0.05, 0.1) is 11.7 Å². The number of hydrogen-bond acceptors (Lipinski definition) is 2. The summed E-state index contributed by atoms with van der Waals surface area (Å²) < 4.78 is 5.26. The third-order valence-electron chi connectivity index (χ3n) is 2.36. The Kier molecular flexibility index (Phi) is 5.57. The van der Waals surface area contributed by atoms with Crippen molar-refractivity contribution in [3.8, 4) is 0 Å². The molecule has 0 radical (unpaired) electrons. The maximum atomic E-state index is 9.68.